The van der Waals surface area contributed by atoms with E-state index in [4.69, 9.17) is 5.73 Å². The van der Waals surface area contributed by atoms with Crippen LogP contribution < -0.4 is 11.1 Å². The van der Waals surface area contributed by atoms with Crippen LogP contribution in [0.25, 0.3) is 0 Å². The molecule has 0 aromatic heterocycles. The Bertz CT molecular complexity index is 386. The minimum Gasteiger partial charge on any atom is -0.355 e. The fourth-order valence-electron chi connectivity index (χ4n) is 2.53. The van der Waals surface area contributed by atoms with Crippen molar-refractivity contribution in [1.29, 1.82) is 0 Å². The van der Waals surface area contributed by atoms with Crippen LogP contribution in [-0.2, 0) is 11.3 Å². The number of hydrogen-bond acceptors (Lipinski definition) is 3. The zero-order valence-corrected chi connectivity index (χ0v) is 11.3. The summed E-state index contributed by atoms with van der Waals surface area (Å²) >= 11 is 0. The number of benzene rings is 1. The van der Waals surface area contributed by atoms with Crippen molar-refractivity contribution in [3.05, 3.63) is 35.9 Å². The van der Waals surface area contributed by atoms with E-state index < -0.39 is 0 Å². The summed E-state index contributed by atoms with van der Waals surface area (Å²) in [4.78, 5) is 14.3. The third-order valence-electron chi connectivity index (χ3n) is 3.65. The summed E-state index contributed by atoms with van der Waals surface area (Å²) in [5, 5.41) is 2.88. The second kappa shape index (κ2) is 7.26. The number of amides is 1. The Hall–Kier alpha value is -1.39. The second-order valence-electron chi connectivity index (χ2n) is 5.12. The van der Waals surface area contributed by atoms with Gasteiger partial charge in [-0.15, -0.1) is 0 Å². The van der Waals surface area contributed by atoms with Gasteiger partial charge in [0.2, 0.25) is 5.91 Å². The third kappa shape index (κ3) is 4.33. The number of nitrogens with two attached hydrogens (primary N) is 1. The predicted molar refractivity (Wildman–Crippen MR) is 76.5 cm³/mol. The van der Waals surface area contributed by atoms with Crippen LogP contribution in [-0.4, -0.2) is 37.0 Å². The van der Waals surface area contributed by atoms with Gasteiger partial charge >= 0.3 is 0 Å². The molecule has 4 heteroatoms. The summed E-state index contributed by atoms with van der Waals surface area (Å²) in [7, 11) is 0. The van der Waals surface area contributed by atoms with Gasteiger partial charge in [-0.05, 0) is 31.5 Å². The molecule has 104 valence electrons. The Morgan fingerprint density at radius 1 is 1.26 bits per heavy atom. The van der Waals surface area contributed by atoms with E-state index >= 15 is 0 Å². The van der Waals surface area contributed by atoms with Gasteiger partial charge in [0.25, 0.3) is 0 Å². The van der Waals surface area contributed by atoms with Crippen LogP contribution in [0.4, 0.5) is 0 Å². The first-order valence-electron chi connectivity index (χ1n) is 7.03. The Labute approximate surface area is 115 Å². The molecule has 0 saturated carbocycles. The molecule has 4 nitrogen and oxygen atoms in total. The molecular formula is C15H23N3O. The van der Waals surface area contributed by atoms with E-state index in [1.807, 2.05) is 6.07 Å². The van der Waals surface area contributed by atoms with Gasteiger partial charge < -0.3 is 11.1 Å². The van der Waals surface area contributed by atoms with Crippen molar-refractivity contribution in [2.75, 3.05) is 26.2 Å². The van der Waals surface area contributed by atoms with E-state index in [1.54, 1.807) is 0 Å². The Balaban J connectivity index is 1.75. The van der Waals surface area contributed by atoms with Crippen LogP contribution in [0.1, 0.15) is 18.4 Å². The zero-order chi connectivity index (χ0) is 13.5. The second-order valence-corrected chi connectivity index (χ2v) is 5.12. The highest BCUT2D eigenvalue weighted by molar-refractivity contribution is 5.78. The molecule has 19 heavy (non-hydrogen) atoms. The molecule has 2 rings (SSSR count). The number of rotatable bonds is 5. The van der Waals surface area contributed by atoms with Gasteiger partial charge in [0.1, 0.15) is 0 Å². The fourth-order valence-corrected chi connectivity index (χ4v) is 2.53. The minimum atomic E-state index is 0.165. The van der Waals surface area contributed by atoms with Gasteiger partial charge in [-0.25, -0.2) is 0 Å². The molecule has 0 unspecified atom stereocenters. The molecule has 1 aliphatic heterocycles. The lowest BCUT2D eigenvalue weighted by Gasteiger charge is -2.31. The Morgan fingerprint density at radius 2 is 1.95 bits per heavy atom. The van der Waals surface area contributed by atoms with Gasteiger partial charge in [-0.1, -0.05) is 30.3 Å². The van der Waals surface area contributed by atoms with Crippen LogP contribution in [0.5, 0.6) is 0 Å². The first-order chi connectivity index (χ1) is 9.29. The molecular weight excluding hydrogens is 238 g/mol. The SMILES string of the molecule is NCCNC(=O)C1CCN(Cc2ccccc2)CC1. The van der Waals surface area contributed by atoms with Crippen molar-refractivity contribution >= 4 is 5.91 Å². The molecule has 0 radical (unpaired) electrons. The fraction of sp³-hybridized carbons (Fsp3) is 0.533. The van der Waals surface area contributed by atoms with E-state index in [-0.39, 0.29) is 11.8 Å². The lowest BCUT2D eigenvalue weighted by molar-refractivity contribution is -0.126. The van der Waals surface area contributed by atoms with Crippen molar-refractivity contribution in [2.24, 2.45) is 11.7 Å². The van der Waals surface area contributed by atoms with Gasteiger partial charge in [0, 0.05) is 25.6 Å². The van der Waals surface area contributed by atoms with Crippen LogP contribution in [0.3, 0.4) is 0 Å². The molecule has 0 atom stereocenters. The van der Waals surface area contributed by atoms with Gasteiger partial charge in [0.15, 0.2) is 0 Å². The van der Waals surface area contributed by atoms with Gasteiger partial charge in [0.05, 0.1) is 0 Å². The summed E-state index contributed by atoms with van der Waals surface area (Å²) in [5.41, 5.74) is 6.73. The quantitative estimate of drug-likeness (QED) is 0.830. The lowest BCUT2D eigenvalue weighted by Crippen LogP contribution is -2.41. The Kier molecular flexibility index (Phi) is 5.36. The summed E-state index contributed by atoms with van der Waals surface area (Å²) in [6.07, 6.45) is 1.90. The number of hydrogen-bond donors (Lipinski definition) is 2. The number of piperidine rings is 1. The smallest absolute Gasteiger partial charge is 0.223 e. The van der Waals surface area contributed by atoms with E-state index in [2.05, 4.69) is 34.5 Å². The van der Waals surface area contributed by atoms with Crippen molar-refractivity contribution in [1.82, 2.24) is 10.2 Å². The van der Waals surface area contributed by atoms with Crippen molar-refractivity contribution in [3.8, 4) is 0 Å². The van der Waals surface area contributed by atoms with Crippen molar-refractivity contribution < 1.29 is 4.79 Å². The van der Waals surface area contributed by atoms with Gasteiger partial charge in [-0.3, -0.25) is 9.69 Å². The monoisotopic (exact) mass is 261 g/mol. The average Bonchev–Trinajstić information content (AvgIpc) is 2.46. The number of nitrogens with zero attached hydrogens (tertiary/aromatic N) is 1. The van der Waals surface area contributed by atoms with E-state index in [0.29, 0.717) is 13.1 Å². The predicted octanol–water partition coefficient (Wildman–Crippen LogP) is 0.974. The highest BCUT2D eigenvalue weighted by atomic mass is 16.1. The maximum absolute atomic E-state index is 11.8. The molecule has 1 saturated heterocycles. The molecule has 3 N–H and O–H groups in total. The van der Waals surface area contributed by atoms with Crippen LogP contribution in [0.2, 0.25) is 0 Å². The molecule has 0 bridgehead atoms. The maximum Gasteiger partial charge on any atom is 0.223 e. The number of nitrogens with one attached hydrogen (secondary N) is 1. The van der Waals surface area contributed by atoms with Crippen LogP contribution in [0, 0.1) is 5.92 Å². The zero-order valence-electron chi connectivity index (χ0n) is 11.3. The summed E-state index contributed by atoms with van der Waals surface area (Å²) in [6, 6.07) is 10.5. The molecule has 0 aliphatic carbocycles. The first-order valence-corrected chi connectivity index (χ1v) is 7.03. The minimum absolute atomic E-state index is 0.165. The third-order valence-corrected chi connectivity index (χ3v) is 3.65. The Morgan fingerprint density at radius 3 is 2.58 bits per heavy atom. The highest BCUT2D eigenvalue weighted by Gasteiger charge is 2.24. The van der Waals surface area contributed by atoms with Crippen LogP contribution >= 0.6 is 0 Å². The maximum atomic E-state index is 11.8. The molecule has 1 aromatic carbocycles. The first kappa shape index (κ1) is 14.0. The summed E-state index contributed by atoms with van der Waals surface area (Å²) < 4.78 is 0. The van der Waals surface area contributed by atoms with E-state index in [0.717, 1.165) is 32.5 Å². The highest BCUT2D eigenvalue weighted by Crippen LogP contribution is 2.19. The largest absolute Gasteiger partial charge is 0.355 e. The van der Waals surface area contributed by atoms with Crippen molar-refractivity contribution in [3.63, 3.8) is 0 Å². The molecule has 1 aliphatic rings. The van der Waals surface area contributed by atoms with Gasteiger partial charge in [-0.2, -0.15) is 0 Å². The van der Waals surface area contributed by atoms with E-state index in [1.165, 1.54) is 5.56 Å². The topological polar surface area (TPSA) is 58.4 Å². The number of carbonyl (C=O) groups is 1. The van der Waals surface area contributed by atoms with Crippen LogP contribution in [0.15, 0.2) is 30.3 Å². The lowest BCUT2D eigenvalue weighted by atomic mass is 9.95. The van der Waals surface area contributed by atoms with Crippen molar-refractivity contribution in [2.45, 2.75) is 19.4 Å². The number of carbonyl (C=O) groups excluding carboxylic acids is 1. The molecule has 1 heterocycles. The normalized spacial score (nSPS) is 17.3. The molecule has 1 amide bonds. The summed E-state index contributed by atoms with van der Waals surface area (Å²) in [5.74, 6) is 0.336. The molecule has 1 aromatic rings. The number of likely N-dealkylation sites (tertiary alicyclic amines) is 1. The van der Waals surface area contributed by atoms with E-state index in [9.17, 15) is 4.79 Å². The molecule has 0 spiro atoms. The summed E-state index contributed by atoms with van der Waals surface area (Å²) in [6.45, 7) is 4.07. The average molecular weight is 261 g/mol. The standard InChI is InChI=1S/C15H23N3O/c16-8-9-17-15(19)14-6-10-18(11-7-14)12-13-4-2-1-3-5-13/h1-5,14H,6-12,16H2,(H,17,19). The molecule has 1 fully saturated rings.